The van der Waals surface area contributed by atoms with Crippen molar-refractivity contribution in [3.05, 3.63) is 65.5 Å². The maximum atomic E-state index is 13.3. The van der Waals surface area contributed by atoms with Crippen LogP contribution in [-0.2, 0) is 40.3 Å². The van der Waals surface area contributed by atoms with Gasteiger partial charge in [0.05, 0.1) is 37.2 Å². The molecule has 4 rings (SSSR count). The van der Waals surface area contributed by atoms with E-state index in [1.807, 2.05) is 41.3 Å². The molecule has 4 aromatic rings. The highest BCUT2D eigenvalue weighted by Gasteiger charge is 2.19. The zero-order valence-corrected chi connectivity index (χ0v) is 23.6. The molecule has 1 amide bonds. The molecular weight excluding hydrogens is 524 g/mol. The number of methoxy groups -OCH3 is 1. The van der Waals surface area contributed by atoms with Crippen molar-refractivity contribution in [2.24, 2.45) is 0 Å². The Morgan fingerprint density at radius 1 is 1.05 bits per heavy atom. The molecule has 11 nitrogen and oxygen atoms in total. The van der Waals surface area contributed by atoms with Gasteiger partial charge in [-0.25, -0.2) is 9.97 Å². The van der Waals surface area contributed by atoms with Gasteiger partial charge in [0.25, 0.3) is 0 Å². The van der Waals surface area contributed by atoms with Gasteiger partial charge < -0.3 is 30.2 Å². The van der Waals surface area contributed by atoms with Crippen molar-refractivity contribution in [3.63, 3.8) is 0 Å². The topological polar surface area (TPSA) is 147 Å². The largest absolute Gasteiger partial charge is 0.481 e. The molecule has 0 atom stereocenters. The predicted molar refractivity (Wildman–Crippen MR) is 157 cm³/mol. The second kappa shape index (κ2) is 14.0. The Morgan fingerprint density at radius 3 is 2.49 bits per heavy atom. The van der Waals surface area contributed by atoms with Crippen molar-refractivity contribution in [2.75, 3.05) is 52.7 Å². The zero-order chi connectivity index (χ0) is 29.4. The molecule has 0 aliphatic rings. The van der Waals surface area contributed by atoms with Crippen LogP contribution >= 0.6 is 0 Å². The van der Waals surface area contributed by atoms with Crippen LogP contribution < -0.4 is 5.73 Å². The minimum Gasteiger partial charge on any atom is -0.481 e. The van der Waals surface area contributed by atoms with Crippen LogP contribution in [0.2, 0.25) is 0 Å². The van der Waals surface area contributed by atoms with E-state index >= 15 is 0 Å². The maximum absolute atomic E-state index is 13.3. The van der Waals surface area contributed by atoms with Crippen LogP contribution in [-0.4, -0.2) is 93.4 Å². The molecule has 2 aromatic carbocycles. The molecule has 0 fully saturated rings. The lowest BCUT2D eigenvalue weighted by Gasteiger charge is -2.26. The first kappa shape index (κ1) is 29.9. The smallest absolute Gasteiger partial charge is 0.307 e. The molecule has 0 saturated carbocycles. The van der Waals surface area contributed by atoms with Gasteiger partial charge in [-0.3, -0.25) is 14.5 Å². The summed E-state index contributed by atoms with van der Waals surface area (Å²) in [5.41, 5.74) is 10.3. The number of benzene rings is 2. The number of nitrogen functional groups attached to an aromatic ring is 1. The number of nitrogens with two attached hydrogens (primary N) is 1. The fourth-order valence-corrected chi connectivity index (χ4v) is 4.98. The number of fused-ring (bicyclic) bond motifs is 3. The Hall–Kier alpha value is -4.06. The number of pyridine rings is 1. The molecule has 4 N–H and O–H groups in total. The molecule has 0 spiro atoms. The van der Waals surface area contributed by atoms with Gasteiger partial charge in [-0.05, 0) is 30.7 Å². The van der Waals surface area contributed by atoms with Gasteiger partial charge >= 0.3 is 5.97 Å². The van der Waals surface area contributed by atoms with E-state index in [4.69, 9.17) is 20.6 Å². The third kappa shape index (κ3) is 7.57. The number of hydrogen-bond donors (Lipinski definition) is 3. The summed E-state index contributed by atoms with van der Waals surface area (Å²) in [4.78, 5) is 37.4. The van der Waals surface area contributed by atoms with Crippen LogP contribution in [0.4, 0.5) is 5.82 Å². The number of nitrogens with zero attached hydrogens (tertiary/aromatic N) is 5. The highest BCUT2D eigenvalue weighted by molar-refractivity contribution is 6.06. The number of amides is 1. The predicted octanol–water partition coefficient (Wildman–Crippen LogP) is 2.33. The number of aryl methyl sites for hydroxylation is 1. The first-order valence-electron chi connectivity index (χ1n) is 13.7. The van der Waals surface area contributed by atoms with Crippen LogP contribution in [0.25, 0.3) is 21.9 Å². The van der Waals surface area contributed by atoms with Crippen molar-refractivity contribution in [2.45, 2.75) is 32.4 Å². The highest BCUT2D eigenvalue weighted by atomic mass is 16.5. The Morgan fingerprint density at radius 2 is 1.78 bits per heavy atom. The summed E-state index contributed by atoms with van der Waals surface area (Å²) in [5.74, 6) is 0.292. The lowest BCUT2D eigenvalue weighted by Crippen LogP contribution is -2.40. The number of aliphatic carboxylic acids is 1. The molecule has 41 heavy (non-hydrogen) atoms. The van der Waals surface area contributed by atoms with Crippen molar-refractivity contribution < 1.29 is 24.5 Å². The quantitative estimate of drug-likeness (QED) is 0.199. The second-order valence-corrected chi connectivity index (χ2v) is 10.2. The minimum atomic E-state index is -0.885. The van der Waals surface area contributed by atoms with Crippen LogP contribution in [0.5, 0.6) is 0 Å². The Balaban J connectivity index is 1.58. The second-order valence-electron chi connectivity index (χ2n) is 10.2. The molecule has 218 valence electrons. The lowest BCUT2D eigenvalue weighted by molar-refractivity contribution is -0.136. The standard InChI is InChI=1S/C30H38N6O5/c1-34(15-16-37)20-26(38)35(19-22-10-8-21(9-11-22)18-27(39)40)13-5-14-36-25(12-17-41-2)33-28-29(36)23-6-3-4-7-24(23)32-30(28)31/h3-4,6-11,37H,5,12-20H2,1-2H3,(H2,31,32)(H,39,40). The number of carboxylic acids is 1. The molecule has 0 radical (unpaired) electrons. The van der Waals surface area contributed by atoms with Gasteiger partial charge in [0, 0.05) is 45.1 Å². The average Bonchev–Trinajstić information content (AvgIpc) is 3.31. The molecular formula is C30H38N6O5. The summed E-state index contributed by atoms with van der Waals surface area (Å²) < 4.78 is 7.50. The van der Waals surface area contributed by atoms with Gasteiger partial charge in [-0.2, -0.15) is 0 Å². The number of para-hydroxylation sites is 1. The number of carbonyl (C=O) groups is 2. The molecule has 2 heterocycles. The van der Waals surface area contributed by atoms with Gasteiger partial charge in [0.15, 0.2) is 5.82 Å². The van der Waals surface area contributed by atoms with Gasteiger partial charge in [0.1, 0.15) is 11.3 Å². The number of carboxylic acid groups (broad SMARTS) is 1. The number of imidazole rings is 1. The van der Waals surface area contributed by atoms with E-state index < -0.39 is 5.97 Å². The van der Waals surface area contributed by atoms with Crippen molar-refractivity contribution in [3.8, 4) is 0 Å². The maximum Gasteiger partial charge on any atom is 0.307 e. The van der Waals surface area contributed by atoms with E-state index in [9.17, 15) is 14.7 Å². The number of hydrogen-bond acceptors (Lipinski definition) is 8. The number of rotatable bonds is 15. The Bertz CT molecular complexity index is 1490. The Labute approximate surface area is 239 Å². The first-order chi connectivity index (χ1) is 19.8. The third-order valence-corrected chi connectivity index (χ3v) is 7.02. The molecule has 0 aliphatic heterocycles. The van der Waals surface area contributed by atoms with Crippen LogP contribution in [0.3, 0.4) is 0 Å². The molecule has 11 heteroatoms. The highest BCUT2D eigenvalue weighted by Crippen LogP contribution is 2.29. The molecule has 0 saturated heterocycles. The zero-order valence-electron chi connectivity index (χ0n) is 23.6. The minimum absolute atomic E-state index is 0.0290. The van der Waals surface area contributed by atoms with Crippen molar-refractivity contribution >= 4 is 39.6 Å². The van der Waals surface area contributed by atoms with E-state index in [1.165, 1.54) is 0 Å². The van der Waals surface area contributed by atoms with E-state index in [1.54, 1.807) is 31.2 Å². The normalized spacial score (nSPS) is 11.5. The van der Waals surface area contributed by atoms with Crippen LogP contribution in [0, 0.1) is 0 Å². The molecule has 0 aliphatic carbocycles. The van der Waals surface area contributed by atoms with E-state index in [2.05, 4.69) is 9.55 Å². The van der Waals surface area contributed by atoms with Crippen molar-refractivity contribution in [1.82, 2.24) is 24.3 Å². The van der Waals surface area contributed by atoms with Gasteiger partial charge in [0.2, 0.25) is 5.91 Å². The lowest BCUT2D eigenvalue weighted by atomic mass is 10.1. The molecule has 0 unspecified atom stereocenters. The number of aliphatic hydroxyl groups is 1. The van der Waals surface area contributed by atoms with Crippen molar-refractivity contribution in [1.29, 1.82) is 0 Å². The average molecular weight is 563 g/mol. The van der Waals surface area contributed by atoms with Gasteiger partial charge in [-0.1, -0.05) is 42.5 Å². The van der Waals surface area contributed by atoms with E-state index in [0.29, 0.717) is 62.5 Å². The van der Waals surface area contributed by atoms with Crippen LogP contribution in [0.1, 0.15) is 23.4 Å². The summed E-state index contributed by atoms with van der Waals surface area (Å²) in [6.45, 7) is 2.54. The van der Waals surface area contributed by atoms with Gasteiger partial charge in [-0.15, -0.1) is 0 Å². The number of aliphatic hydroxyl groups excluding tert-OH is 1. The fourth-order valence-electron chi connectivity index (χ4n) is 4.98. The first-order valence-corrected chi connectivity index (χ1v) is 13.7. The SMILES string of the molecule is COCCc1nc2c(N)nc3ccccc3c2n1CCCN(Cc1ccc(CC(=O)O)cc1)C(=O)CN(C)CCO. The third-order valence-electron chi connectivity index (χ3n) is 7.02. The van der Waals surface area contributed by atoms with Crippen LogP contribution in [0.15, 0.2) is 48.5 Å². The number of ether oxygens (including phenoxy) is 1. The summed E-state index contributed by atoms with van der Waals surface area (Å²) in [5, 5.41) is 19.3. The van der Waals surface area contributed by atoms with E-state index in [-0.39, 0.29) is 25.5 Å². The summed E-state index contributed by atoms with van der Waals surface area (Å²) in [7, 11) is 3.46. The monoisotopic (exact) mass is 562 g/mol. The fraction of sp³-hybridized carbons (Fsp3) is 0.400. The number of carbonyl (C=O) groups excluding carboxylic acids is 1. The Kier molecular flexibility index (Phi) is 10.2. The molecule has 2 aromatic heterocycles. The summed E-state index contributed by atoms with van der Waals surface area (Å²) in [6, 6.07) is 15.1. The van der Waals surface area contributed by atoms with E-state index in [0.717, 1.165) is 27.8 Å². The number of likely N-dealkylation sites (N-methyl/N-ethyl adjacent to an activating group) is 1. The molecule has 0 bridgehead atoms. The summed E-state index contributed by atoms with van der Waals surface area (Å²) >= 11 is 0. The number of anilines is 1. The number of aromatic nitrogens is 3. The summed E-state index contributed by atoms with van der Waals surface area (Å²) in [6.07, 6.45) is 1.22.